The van der Waals surface area contributed by atoms with E-state index in [1.807, 2.05) is 12.3 Å². The minimum Gasteiger partial charge on any atom is -0.313 e. The molecule has 8 heteroatoms. The molecule has 0 amide bonds. The van der Waals surface area contributed by atoms with E-state index in [9.17, 15) is 10.1 Å². The van der Waals surface area contributed by atoms with E-state index in [1.54, 1.807) is 16.9 Å². The lowest BCUT2D eigenvalue weighted by molar-refractivity contribution is -0.385. The van der Waals surface area contributed by atoms with Gasteiger partial charge in [0.25, 0.3) is 5.69 Å². The first-order chi connectivity index (χ1) is 9.68. The second kappa shape index (κ2) is 7.11. The summed E-state index contributed by atoms with van der Waals surface area (Å²) in [4.78, 5) is 10.4. The van der Waals surface area contributed by atoms with Crippen molar-refractivity contribution in [1.82, 2.24) is 20.3 Å². The number of hydrogen-bond donors (Lipinski definition) is 1. The lowest BCUT2D eigenvalue weighted by atomic mass is 10.2. The van der Waals surface area contributed by atoms with Crippen molar-refractivity contribution in [3.8, 4) is 0 Å². The lowest BCUT2D eigenvalue weighted by Gasteiger charge is -2.07. The van der Waals surface area contributed by atoms with Crippen molar-refractivity contribution < 1.29 is 4.92 Å². The van der Waals surface area contributed by atoms with E-state index >= 15 is 0 Å². The number of hydrogen-bond acceptors (Lipinski definition) is 5. The highest BCUT2D eigenvalue weighted by molar-refractivity contribution is 9.10. The Bertz CT molecular complexity index is 573. The molecule has 0 saturated carbocycles. The summed E-state index contributed by atoms with van der Waals surface area (Å²) in [5, 5.41) is 21.7. The van der Waals surface area contributed by atoms with Crippen LogP contribution < -0.4 is 5.32 Å². The molecule has 0 aliphatic carbocycles. The molecule has 1 N–H and O–H groups in total. The van der Waals surface area contributed by atoms with Crippen LogP contribution in [-0.4, -0.2) is 26.5 Å². The van der Waals surface area contributed by atoms with Crippen LogP contribution in [0.25, 0.3) is 0 Å². The van der Waals surface area contributed by atoms with Crippen LogP contribution in [0, 0.1) is 10.1 Å². The summed E-state index contributed by atoms with van der Waals surface area (Å²) in [6, 6.07) is 5.04. The summed E-state index contributed by atoms with van der Waals surface area (Å²) < 4.78 is 2.30. The van der Waals surface area contributed by atoms with Gasteiger partial charge in [-0.3, -0.25) is 14.8 Å². The molecule has 2 aromatic rings. The van der Waals surface area contributed by atoms with Crippen LogP contribution in [0.1, 0.15) is 12.0 Å². The molecule has 1 heterocycles. The SMILES string of the molecule is O=[N+]([O-])c1cccc(CNCCCn2ccnn2)c1Br. The Balaban J connectivity index is 1.79. The molecule has 20 heavy (non-hydrogen) atoms. The first-order valence-electron chi connectivity index (χ1n) is 6.15. The van der Waals surface area contributed by atoms with Crippen molar-refractivity contribution in [2.75, 3.05) is 6.54 Å². The number of rotatable bonds is 7. The van der Waals surface area contributed by atoms with Gasteiger partial charge >= 0.3 is 0 Å². The highest BCUT2D eigenvalue weighted by Gasteiger charge is 2.14. The number of benzene rings is 1. The average Bonchev–Trinajstić information content (AvgIpc) is 2.93. The van der Waals surface area contributed by atoms with Gasteiger partial charge in [0.05, 0.1) is 15.6 Å². The van der Waals surface area contributed by atoms with Crippen LogP contribution in [0.2, 0.25) is 0 Å². The number of halogens is 1. The van der Waals surface area contributed by atoms with Gasteiger partial charge in [-0.25, -0.2) is 0 Å². The Morgan fingerprint density at radius 1 is 1.45 bits per heavy atom. The van der Waals surface area contributed by atoms with Gasteiger partial charge in [0.15, 0.2) is 0 Å². The van der Waals surface area contributed by atoms with E-state index in [4.69, 9.17) is 0 Å². The fourth-order valence-corrected chi connectivity index (χ4v) is 2.33. The van der Waals surface area contributed by atoms with Crippen molar-refractivity contribution >= 4 is 21.6 Å². The molecule has 1 aromatic heterocycles. The highest BCUT2D eigenvalue weighted by atomic mass is 79.9. The molecule has 0 radical (unpaired) electrons. The maximum absolute atomic E-state index is 10.8. The lowest BCUT2D eigenvalue weighted by Crippen LogP contribution is -2.17. The van der Waals surface area contributed by atoms with Gasteiger partial charge in [-0.05, 0) is 34.5 Å². The fraction of sp³-hybridized carbons (Fsp3) is 0.333. The topological polar surface area (TPSA) is 85.9 Å². The van der Waals surface area contributed by atoms with E-state index in [-0.39, 0.29) is 5.69 Å². The van der Waals surface area contributed by atoms with Crippen LogP contribution >= 0.6 is 15.9 Å². The summed E-state index contributed by atoms with van der Waals surface area (Å²) >= 11 is 3.28. The molecular formula is C12H14BrN5O2. The molecular weight excluding hydrogens is 326 g/mol. The van der Waals surface area contributed by atoms with E-state index in [2.05, 4.69) is 31.6 Å². The minimum atomic E-state index is -0.391. The number of nitro benzene ring substituents is 1. The van der Waals surface area contributed by atoms with Crippen molar-refractivity contribution in [3.63, 3.8) is 0 Å². The quantitative estimate of drug-likeness (QED) is 0.474. The van der Waals surface area contributed by atoms with Gasteiger partial charge in [-0.15, -0.1) is 5.10 Å². The monoisotopic (exact) mass is 339 g/mol. The van der Waals surface area contributed by atoms with E-state index in [0.29, 0.717) is 11.0 Å². The molecule has 0 unspecified atom stereocenters. The summed E-state index contributed by atoms with van der Waals surface area (Å²) in [6.07, 6.45) is 4.38. The smallest absolute Gasteiger partial charge is 0.283 e. The minimum absolute atomic E-state index is 0.0897. The van der Waals surface area contributed by atoms with Crippen molar-refractivity contribution in [2.45, 2.75) is 19.5 Å². The van der Waals surface area contributed by atoms with Crippen molar-refractivity contribution in [3.05, 3.63) is 50.7 Å². The number of aryl methyl sites for hydroxylation is 1. The summed E-state index contributed by atoms with van der Waals surface area (Å²) in [5.74, 6) is 0. The summed E-state index contributed by atoms with van der Waals surface area (Å²) in [6.45, 7) is 2.18. The Morgan fingerprint density at radius 3 is 3.00 bits per heavy atom. The normalized spacial score (nSPS) is 10.7. The van der Waals surface area contributed by atoms with Gasteiger partial charge in [0.2, 0.25) is 0 Å². The molecule has 2 rings (SSSR count). The molecule has 0 aliphatic rings. The fourth-order valence-electron chi connectivity index (χ4n) is 1.78. The van der Waals surface area contributed by atoms with Crippen LogP contribution in [-0.2, 0) is 13.1 Å². The van der Waals surface area contributed by atoms with Crippen LogP contribution in [0.3, 0.4) is 0 Å². The molecule has 7 nitrogen and oxygen atoms in total. The zero-order valence-electron chi connectivity index (χ0n) is 10.7. The van der Waals surface area contributed by atoms with Gasteiger partial charge in [-0.1, -0.05) is 17.3 Å². The Hall–Kier alpha value is -1.80. The molecule has 0 fully saturated rings. The summed E-state index contributed by atoms with van der Waals surface area (Å²) in [5.41, 5.74) is 0.965. The third kappa shape index (κ3) is 3.84. The predicted molar refractivity (Wildman–Crippen MR) is 77.1 cm³/mol. The summed E-state index contributed by atoms with van der Waals surface area (Å²) in [7, 11) is 0. The van der Waals surface area contributed by atoms with E-state index in [0.717, 1.165) is 25.1 Å². The third-order valence-corrected chi connectivity index (χ3v) is 3.70. The Kier molecular flexibility index (Phi) is 5.19. The second-order valence-electron chi connectivity index (χ2n) is 4.20. The van der Waals surface area contributed by atoms with Crippen molar-refractivity contribution in [2.24, 2.45) is 0 Å². The maximum atomic E-state index is 10.8. The standard InChI is InChI=1S/C12H14BrN5O2/c13-12-10(3-1-4-11(12)18(19)20)9-14-5-2-7-17-8-6-15-16-17/h1,3-4,6,8,14H,2,5,7,9H2. The molecule has 106 valence electrons. The molecule has 0 bridgehead atoms. The first kappa shape index (κ1) is 14.6. The van der Waals surface area contributed by atoms with Crippen LogP contribution in [0.4, 0.5) is 5.69 Å². The highest BCUT2D eigenvalue weighted by Crippen LogP contribution is 2.27. The Labute approximate surface area is 124 Å². The predicted octanol–water partition coefficient (Wildman–Crippen LogP) is 2.13. The maximum Gasteiger partial charge on any atom is 0.283 e. The van der Waals surface area contributed by atoms with E-state index < -0.39 is 4.92 Å². The van der Waals surface area contributed by atoms with Gasteiger partial charge in [0, 0.05) is 25.4 Å². The zero-order valence-corrected chi connectivity index (χ0v) is 12.3. The molecule has 0 spiro atoms. The van der Waals surface area contributed by atoms with E-state index in [1.165, 1.54) is 6.07 Å². The number of nitro groups is 1. The second-order valence-corrected chi connectivity index (χ2v) is 5.00. The number of nitrogens with zero attached hydrogens (tertiary/aromatic N) is 4. The molecule has 1 aromatic carbocycles. The number of aromatic nitrogens is 3. The van der Waals surface area contributed by atoms with Gasteiger partial charge in [0.1, 0.15) is 0 Å². The first-order valence-corrected chi connectivity index (χ1v) is 6.94. The largest absolute Gasteiger partial charge is 0.313 e. The van der Waals surface area contributed by atoms with Gasteiger partial charge in [-0.2, -0.15) is 0 Å². The average molecular weight is 340 g/mol. The molecule has 0 saturated heterocycles. The van der Waals surface area contributed by atoms with Crippen LogP contribution in [0.5, 0.6) is 0 Å². The van der Waals surface area contributed by atoms with Crippen molar-refractivity contribution in [1.29, 1.82) is 0 Å². The van der Waals surface area contributed by atoms with Crippen LogP contribution in [0.15, 0.2) is 35.1 Å². The van der Waals surface area contributed by atoms with Gasteiger partial charge < -0.3 is 5.32 Å². The number of nitrogens with one attached hydrogen (secondary N) is 1. The Morgan fingerprint density at radius 2 is 2.30 bits per heavy atom. The molecule has 0 atom stereocenters. The third-order valence-electron chi connectivity index (χ3n) is 2.78. The molecule has 0 aliphatic heterocycles. The zero-order chi connectivity index (χ0) is 14.4.